The minimum Gasteiger partial charge on any atom is -0.385 e. The predicted octanol–water partition coefficient (Wildman–Crippen LogP) is 1.54. The highest BCUT2D eigenvalue weighted by molar-refractivity contribution is 5.96. The molecule has 2 aromatic carbocycles. The van der Waals surface area contributed by atoms with Crippen molar-refractivity contribution in [2.24, 2.45) is 0 Å². The fourth-order valence-corrected chi connectivity index (χ4v) is 5.20. The van der Waals surface area contributed by atoms with E-state index in [2.05, 4.69) is 36.2 Å². The molecule has 0 atom stereocenters. The van der Waals surface area contributed by atoms with Gasteiger partial charge in [0.05, 0.1) is 18.2 Å². The Kier molecular flexibility index (Phi) is 6.80. The Labute approximate surface area is 209 Å². The van der Waals surface area contributed by atoms with Crippen LogP contribution in [-0.4, -0.2) is 74.2 Å². The summed E-state index contributed by atoms with van der Waals surface area (Å²) in [5.74, 6) is 0.0827. The molecule has 2 heterocycles. The van der Waals surface area contributed by atoms with E-state index in [4.69, 9.17) is 0 Å². The highest BCUT2D eigenvalue weighted by Gasteiger charge is 2.40. The van der Waals surface area contributed by atoms with Crippen LogP contribution >= 0.6 is 0 Å². The van der Waals surface area contributed by atoms with Gasteiger partial charge in [0.1, 0.15) is 0 Å². The SMILES string of the molecule is Cc1cccc(C(=O)NCC(=O)NC2CN(C3CCC(O)(c4cccc(-c5nn[nH]n5)c4)CC3)C2)c1. The zero-order valence-corrected chi connectivity index (χ0v) is 20.3. The number of nitrogens with zero attached hydrogens (tertiary/aromatic N) is 4. The quantitative estimate of drug-likeness (QED) is 0.395. The monoisotopic (exact) mass is 489 g/mol. The van der Waals surface area contributed by atoms with Crippen LogP contribution in [0.25, 0.3) is 11.4 Å². The lowest BCUT2D eigenvalue weighted by Gasteiger charge is -2.48. The highest BCUT2D eigenvalue weighted by Crippen LogP contribution is 2.40. The van der Waals surface area contributed by atoms with Crippen LogP contribution in [0.2, 0.25) is 0 Å². The third-order valence-corrected chi connectivity index (χ3v) is 7.27. The maximum atomic E-state index is 12.3. The molecule has 2 amide bonds. The Morgan fingerprint density at radius 2 is 1.92 bits per heavy atom. The van der Waals surface area contributed by atoms with Gasteiger partial charge in [-0.3, -0.25) is 14.5 Å². The molecule has 188 valence electrons. The summed E-state index contributed by atoms with van der Waals surface area (Å²) < 4.78 is 0. The van der Waals surface area contributed by atoms with Gasteiger partial charge in [-0.1, -0.05) is 35.9 Å². The smallest absolute Gasteiger partial charge is 0.251 e. The second kappa shape index (κ2) is 10.2. The molecular formula is C26H31N7O3. The van der Waals surface area contributed by atoms with Crippen LogP contribution in [0, 0.1) is 6.92 Å². The van der Waals surface area contributed by atoms with Crippen molar-refractivity contribution < 1.29 is 14.7 Å². The number of rotatable bonds is 7. The first kappa shape index (κ1) is 24.1. The number of H-pyrrole nitrogens is 1. The summed E-state index contributed by atoms with van der Waals surface area (Å²) in [7, 11) is 0. The molecule has 0 bridgehead atoms. The number of carbonyl (C=O) groups is 2. The second-order valence-corrected chi connectivity index (χ2v) is 9.85. The van der Waals surface area contributed by atoms with Gasteiger partial charge >= 0.3 is 0 Å². The third kappa shape index (κ3) is 5.29. The van der Waals surface area contributed by atoms with Crippen molar-refractivity contribution in [1.29, 1.82) is 0 Å². The van der Waals surface area contributed by atoms with Gasteiger partial charge in [-0.2, -0.15) is 5.21 Å². The van der Waals surface area contributed by atoms with Crippen molar-refractivity contribution in [2.45, 2.75) is 50.3 Å². The molecule has 1 saturated carbocycles. The zero-order valence-electron chi connectivity index (χ0n) is 20.3. The van der Waals surface area contributed by atoms with E-state index in [9.17, 15) is 14.7 Å². The fourth-order valence-electron chi connectivity index (χ4n) is 5.20. The number of carbonyl (C=O) groups excluding carboxylic acids is 2. The number of amides is 2. The van der Waals surface area contributed by atoms with Crippen LogP contribution in [0.15, 0.2) is 48.5 Å². The third-order valence-electron chi connectivity index (χ3n) is 7.27. The van der Waals surface area contributed by atoms with Crippen LogP contribution in [0.5, 0.6) is 0 Å². The molecule has 10 heteroatoms. The predicted molar refractivity (Wildman–Crippen MR) is 133 cm³/mol. The van der Waals surface area contributed by atoms with E-state index in [1.54, 1.807) is 12.1 Å². The first-order valence-electron chi connectivity index (χ1n) is 12.3. The van der Waals surface area contributed by atoms with Crippen molar-refractivity contribution in [1.82, 2.24) is 36.2 Å². The van der Waals surface area contributed by atoms with Gasteiger partial charge in [0, 0.05) is 30.3 Å². The average molecular weight is 490 g/mol. The van der Waals surface area contributed by atoms with Crippen LogP contribution in [0.1, 0.15) is 47.2 Å². The number of likely N-dealkylation sites (tertiary alicyclic amines) is 1. The lowest BCUT2D eigenvalue weighted by Crippen LogP contribution is -2.63. The van der Waals surface area contributed by atoms with Gasteiger partial charge in [0.2, 0.25) is 11.7 Å². The Morgan fingerprint density at radius 3 is 2.64 bits per heavy atom. The summed E-state index contributed by atoms with van der Waals surface area (Å²) in [5.41, 5.74) is 2.39. The van der Waals surface area contributed by atoms with Crippen LogP contribution in [0.3, 0.4) is 0 Å². The molecule has 1 aliphatic carbocycles. The first-order chi connectivity index (χ1) is 17.4. The summed E-state index contributed by atoms with van der Waals surface area (Å²) in [6.45, 7) is 3.46. The Bertz CT molecular complexity index is 1220. The van der Waals surface area contributed by atoms with Gasteiger partial charge in [-0.05, 0) is 61.6 Å². The number of nitrogens with one attached hydrogen (secondary N) is 3. The molecule has 4 N–H and O–H groups in total. The van der Waals surface area contributed by atoms with E-state index in [-0.39, 0.29) is 24.4 Å². The summed E-state index contributed by atoms with van der Waals surface area (Å²) in [5, 5.41) is 31.2. The molecular weight excluding hydrogens is 458 g/mol. The minimum atomic E-state index is -0.871. The molecule has 2 aliphatic rings. The zero-order chi connectivity index (χ0) is 25.1. The van der Waals surface area contributed by atoms with Gasteiger partial charge in [-0.25, -0.2) is 0 Å². The van der Waals surface area contributed by atoms with Gasteiger partial charge in [0.25, 0.3) is 5.91 Å². The van der Waals surface area contributed by atoms with Crippen LogP contribution in [-0.2, 0) is 10.4 Å². The Morgan fingerprint density at radius 1 is 1.14 bits per heavy atom. The lowest BCUT2D eigenvalue weighted by atomic mass is 9.76. The normalized spacial score (nSPS) is 22.6. The van der Waals surface area contributed by atoms with Crippen molar-refractivity contribution in [3.8, 4) is 11.4 Å². The molecule has 2 fully saturated rings. The summed E-state index contributed by atoms with van der Waals surface area (Å²) in [4.78, 5) is 26.9. The van der Waals surface area contributed by atoms with E-state index in [0.29, 0.717) is 30.3 Å². The number of hydrogen-bond acceptors (Lipinski definition) is 7. The standard InChI is InChI=1S/C26H31N7O3/c1-17-4-2-6-19(12-17)25(35)27-14-23(34)28-21-15-33(16-21)22-8-10-26(36,11-9-22)20-7-3-5-18(13-20)24-29-31-32-30-24/h2-7,12-13,21-22,36H,8-11,14-16H2,1H3,(H,27,35)(H,28,34)(H,29,30,31,32). The summed E-state index contributed by atoms with van der Waals surface area (Å²) in [6.07, 6.45) is 3.12. The fraction of sp³-hybridized carbons (Fsp3) is 0.423. The topological polar surface area (TPSA) is 136 Å². The molecule has 1 aromatic heterocycles. The number of hydrogen-bond donors (Lipinski definition) is 4. The largest absolute Gasteiger partial charge is 0.385 e. The van der Waals surface area contributed by atoms with Gasteiger partial charge in [-0.15, -0.1) is 10.2 Å². The van der Waals surface area contributed by atoms with Gasteiger partial charge in [0.15, 0.2) is 0 Å². The maximum absolute atomic E-state index is 12.3. The molecule has 0 unspecified atom stereocenters. The Hall–Kier alpha value is -3.63. The second-order valence-electron chi connectivity index (χ2n) is 9.85. The molecule has 0 spiro atoms. The Balaban J connectivity index is 1.05. The molecule has 1 aliphatic heterocycles. The van der Waals surface area contributed by atoms with Crippen molar-refractivity contribution in [3.05, 3.63) is 65.2 Å². The minimum absolute atomic E-state index is 0.0390. The lowest BCUT2D eigenvalue weighted by molar-refractivity contribution is -0.122. The van der Waals surface area contributed by atoms with E-state index in [0.717, 1.165) is 42.6 Å². The van der Waals surface area contributed by atoms with Crippen molar-refractivity contribution >= 4 is 11.8 Å². The van der Waals surface area contributed by atoms with Crippen LogP contribution < -0.4 is 10.6 Å². The number of aryl methyl sites for hydroxylation is 1. The van der Waals surface area contributed by atoms with E-state index < -0.39 is 5.60 Å². The number of aromatic amines is 1. The van der Waals surface area contributed by atoms with E-state index >= 15 is 0 Å². The summed E-state index contributed by atoms with van der Waals surface area (Å²) in [6, 6.07) is 15.5. The number of aliphatic hydroxyl groups is 1. The number of tetrazole rings is 1. The van der Waals surface area contributed by atoms with Gasteiger partial charge < -0.3 is 15.7 Å². The van der Waals surface area contributed by atoms with Crippen LogP contribution in [0.4, 0.5) is 0 Å². The molecule has 10 nitrogen and oxygen atoms in total. The van der Waals surface area contributed by atoms with Crippen molar-refractivity contribution in [2.75, 3.05) is 19.6 Å². The first-order valence-corrected chi connectivity index (χ1v) is 12.3. The molecule has 1 saturated heterocycles. The van der Waals surface area contributed by atoms with E-state index in [1.165, 1.54) is 0 Å². The number of benzene rings is 2. The number of aromatic nitrogens is 4. The molecule has 5 rings (SSSR count). The average Bonchev–Trinajstić information content (AvgIpc) is 3.41. The highest BCUT2D eigenvalue weighted by atomic mass is 16.3. The van der Waals surface area contributed by atoms with Crippen molar-refractivity contribution in [3.63, 3.8) is 0 Å². The molecule has 0 radical (unpaired) electrons. The molecule has 36 heavy (non-hydrogen) atoms. The maximum Gasteiger partial charge on any atom is 0.251 e. The van der Waals surface area contributed by atoms with E-state index in [1.807, 2.05) is 43.3 Å². The molecule has 3 aromatic rings. The summed E-state index contributed by atoms with van der Waals surface area (Å²) >= 11 is 0.